The Morgan fingerprint density at radius 1 is 1.15 bits per heavy atom. The molecule has 8 heteroatoms. The fourth-order valence-electron chi connectivity index (χ4n) is 3.67. The number of hydrogen-bond donors (Lipinski definition) is 1. The van der Waals surface area contributed by atoms with Crippen LogP contribution in [0.4, 0.5) is 4.79 Å². The van der Waals surface area contributed by atoms with E-state index < -0.39 is 30.3 Å². The van der Waals surface area contributed by atoms with Gasteiger partial charge in [0.25, 0.3) is 0 Å². The van der Waals surface area contributed by atoms with Crippen molar-refractivity contribution in [3.63, 3.8) is 0 Å². The Bertz CT molecular complexity index is 782. The minimum Gasteiger partial charge on any atom is -0.350 e. The van der Waals surface area contributed by atoms with E-state index in [1.165, 1.54) is 0 Å². The quantitative estimate of drug-likeness (QED) is 0.616. The largest absolute Gasteiger partial charge is 0.350 e. The SMILES string of the molecule is C[C@@H]1CCCC[C@@H]1N1C(=O)C(=O)N(CC(=O)NCc2ccccc2Cl)C1=O. The van der Waals surface area contributed by atoms with Gasteiger partial charge in [-0.1, -0.05) is 49.6 Å². The minimum absolute atomic E-state index is 0.147. The molecular weight excluding hydrogens is 370 g/mol. The molecule has 1 aliphatic heterocycles. The van der Waals surface area contributed by atoms with Gasteiger partial charge in [-0.25, -0.2) is 9.69 Å². The van der Waals surface area contributed by atoms with Crippen molar-refractivity contribution in [1.29, 1.82) is 0 Å². The van der Waals surface area contributed by atoms with Crippen LogP contribution >= 0.6 is 11.6 Å². The Labute approximate surface area is 162 Å². The van der Waals surface area contributed by atoms with Crippen LogP contribution in [0.15, 0.2) is 24.3 Å². The van der Waals surface area contributed by atoms with E-state index >= 15 is 0 Å². The molecule has 7 nitrogen and oxygen atoms in total. The first-order valence-corrected chi connectivity index (χ1v) is 9.47. The summed E-state index contributed by atoms with van der Waals surface area (Å²) in [4.78, 5) is 51.2. The third kappa shape index (κ3) is 3.98. The van der Waals surface area contributed by atoms with E-state index in [9.17, 15) is 19.2 Å². The Balaban J connectivity index is 1.63. The fourth-order valence-corrected chi connectivity index (χ4v) is 3.87. The summed E-state index contributed by atoms with van der Waals surface area (Å²) in [7, 11) is 0. The Morgan fingerprint density at radius 3 is 2.56 bits per heavy atom. The second kappa shape index (κ2) is 8.08. The van der Waals surface area contributed by atoms with E-state index in [4.69, 9.17) is 11.6 Å². The first-order valence-electron chi connectivity index (χ1n) is 9.09. The molecule has 27 heavy (non-hydrogen) atoms. The smallest absolute Gasteiger partial charge is 0.334 e. The standard InChI is InChI=1S/C19H22ClN3O4/c1-12-6-2-5-9-15(12)23-18(26)17(25)22(19(23)27)11-16(24)21-10-13-7-3-4-8-14(13)20/h3-4,7-8,12,15H,2,5-6,9-11H2,1H3,(H,21,24)/t12-,15+/m1/s1. The van der Waals surface area contributed by atoms with Gasteiger partial charge in [-0.3, -0.25) is 19.3 Å². The van der Waals surface area contributed by atoms with E-state index in [-0.39, 0.29) is 18.5 Å². The van der Waals surface area contributed by atoms with Crippen LogP contribution in [0.3, 0.4) is 0 Å². The summed E-state index contributed by atoms with van der Waals surface area (Å²) in [6, 6.07) is 6.07. The Kier molecular flexibility index (Phi) is 5.79. The van der Waals surface area contributed by atoms with E-state index in [1.54, 1.807) is 24.3 Å². The maximum absolute atomic E-state index is 12.6. The van der Waals surface area contributed by atoms with Crippen LogP contribution in [0.25, 0.3) is 0 Å². The predicted octanol–water partition coefficient (Wildman–Crippen LogP) is 2.33. The van der Waals surface area contributed by atoms with Crippen LogP contribution < -0.4 is 5.32 Å². The van der Waals surface area contributed by atoms with E-state index in [2.05, 4.69) is 5.32 Å². The van der Waals surface area contributed by atoms with Crippen LogP contribution in [0, 0.1) is 5.92 Å². The molecule has 2 atom stereocenters. The van der Waals surface area contributed by atoms with Gasteiger partial charge < -0.3 is 5.32 Å². The number of rotatable bonds is 5. The average molecular weight is 392 g/mol. The molecule has 1 aliphatic carbocycles. The van der Waals surface area contributed by atoms with Crippen LogP contribution in [-0.2, 0) is 20.9 Å². The Morgan fingerprint density at radius 2 is 1.85 bits per heavy atom. The molecule has 2 fully saturated rings. The van der Waals surface area contributed by atoms with Crippen molar-refractivity contribution in [2.75, 3.05) is 6.54 Å². The topological polar surface area (TPSA) is 86.8 Å². The van der Waals surface area contributed by atoms with Gasteiger partial charge in [0, 0.05) is 17.6 Å². The molecule has 144 valence electrons. The maximum atomic E-state index is 12.6. The second-order valence-corrected chi connectivity index (χ2v) is 7.45. The summed E-state index contributed by atoms with van der Waals surface area (Å²) in [6.45, 7) is 1.67. The van der Waals surface area contributed by atoms with Crippen LogP contribution in [0.5, 0.6) is 0 Å². The molecule has 0 radical (unpaired) electrons. The van der Waals surface area contributed by atoms with Crippen LogP contribution in [-0.4, -0.2) is 46.1 Å². The predicted molar refractivity (Wildman–Crippen MR) is 98.7 cm³/mol. The molecule has 0 bridgehead atoms. The van der Waals surface area contributed by atoms with Crippen molar-refractivity contribution in [2.24, 2.45) is 5.92 Å². The Hall–Kier alpha value is -2.41. The van der Waals surface area contributed by atoms with Crippen molar-refractivity contribution in [1.82, 2.24) is 15.1 Å². The summed E-state index contributed by atoms with van der Waals surface area (Å²) < 4.78 is 0. The molecular formula is C19H22ClN3O4. The van der Waals surface area contributed by atoms with Crippen molar-refractivity contribution >= 4 is 35.4 Å². The first kappa shape index (κ1) is 19.4. The molecule has 1 aromatic rings. The third-order valence-corrected chi connectivity index (χ3v) is 5.59. The van der Waals surface area contributed by atoms with Crippen molar-refractivity contribution in [3.8, 4) is 0 Å². The highest BCUT2D eigenvalue weighted by Crippen LogP contribution is 2.31. The van der Waals surface area contributed by atoms with E-state index in [0.717, 1.165) is 34.6 Å². The van der Waals surface area contributed by atoms with Crippen LogP contribution in [0.2, 0.25) is 5.02 Å². The monoisotopic (exact) mass is 391 g/mol. The molecule has 3 rings (SSSR count). The summed E-state index contributed by atoms with van der Waals surface area (Å²) >= 11 is 6.04. The van der Waals surface area contributed by atoms with Gasteiger partial charge in [0.15, 0.2) is 0 Å². The molecule has 1 N–H and O–H groups in total. The number of nitrogens with one attached hydrogen (secondary N) is 1. The number of benzene rings is 1. The number of imide groups is 2. The zero-order valence-corrected chi connectivity index (χ0v) is 15.9. The normalized spacial score (nSPS) is 23.1. The lowest BCUT2D eigenvalue weighted by atomic mass is 9.85. The molecule has 2 aliphatic rings. The third-order valence-electron chi connectivity index (χ3n) is 5.22. The number of carbonyl (C=O) groups excluding carboxylic acids is 4. The number of hydrogen-bond acceptors (Lipinski definition) is 4. The summed E-state index contributed by atoms with van der Waals surface area (Å²) in [6.07, 6.45) is 3.57. The summed E-state index contributed by atoms with van der Waals surface area (Å²) in [5.41, 5.74) is 0.723. The van der Waals surface area contributed by atoms with Crippen molar-refractivity contribution in [2.45, 2.75) is 45.2 Å². The first-order chi connectivity index (χ1) is 12.9. The number of carbonyl (C=O) groups is 4. The summed E-state index contributed by atoms with van der Waals surface area (Å²) in [5.74, 6) is -2.15. The highest BCUT2D eigenvalue weighted by atomic mass is 35.5. The molecule has 1 saturated carbocycles. The van der Waals surface area contributed by atoms with Gasteiger partial charge in [0.1, 0.15) is 6.54 Å². The number of nitrogens with zero attached hydrogens (tertiary/aromatic N) is 2. The number of halogens is 1. The lowest BCUT2D eigenvalue weighted by Crippen LogP contribution is -2.47. The van der Waals surface area contributed by atoms with E-state index in [0.29, 0.717) is 11.4 Å². The zero-order chi connectivity index (χ0) is 19.6. The minimum atomic E-state index is -0.939. The van der Waals surface area contributed by atoms with Gasteiger partial charge in [0.2, 0.25) is 5.91 Å². The van der Waals surface area contributed by atoms with Crippen molar-refractivity contribution in [3.05, 3.63) is 34.9 Å². The zero-order valence-electron chi connectivity index (χ0n) is 15.1. The maximum Gasteiger partial charge on any atom is 0.334 e. The summed E-state index contributed by atoms with van der Waals surface area (Å²) in [5, 5.41) is 3.14. The van der Waals surface area contributed by atoms with Gasteiger partial charge in [0.05, 0.1) is 0 Å². The molecule has 0 aromatic heterocycles. The van der Waals surface area contributed by atoms with Crippen molar-refractivity contribution < 1.29 is 19.2 Å². The highest BCUT2D eigenvalue weighted by molar-refractivity contribution is 6.45. The van der Waals surface area contributed by atoms with Gasteiger partial charge in [-0.2, -0.15) is 0 Å². The van der Waals surface area contributed by atoms with E-state index in [1.807, 2.05) is 6.92 Å². The lowest BCUT2D eigenvalue weighted by Gasteiger charge is -2.34. The lowest BCUT2D eigenvalue weighted by molar-refractivity contribution is -0.145. The highest BCUT2D eigenvalue weighted by Gasteiger charge is 2.49. The second-order valence-electron chi connectivity index (χ2n) is 7.05. The molecule has 1 aromatic carbocycles. The van der Waals surface area contributed by atoms with Gasteiger partial charge in [-0.15, -0.1) is 0 Å². The molecule has 0 spiro atoms. The molecule has 5 amide bonds. The number of urea groups is 1. The van der Waals surface area contributed by atoms with Crippen LogP contribution in [0.1, 0.15) is 38.2 Å². The molecule has 1 heterocycles. The van der Waals surface area contributed by atoms with Gasteiger partial charge in [-0.05, 0) is 30.4 Å². The van der Waals surface area contributed by atoms with Gasteiger partial charge >= 0.3 is 17.8 Å². The number of amides is 5. The molecule has 1 saturated heterocycles. The average Bonchev–Trinajstić information content (AvgIpc) is 2.85. The molecule has 0 unspecified atom stereocenters. The fraction of sp³-hybridized carbons (Fsp3) is 0.474.